The van der Waals surface area contributed by atoms with Crippen molar-refractivity contribution >= 4 is 5.97 Å². The molecule has 1 aromatic carbocycles. The molecule has 6 heteroatoms. The number of ether oxygens (including phenoxy) is 1. The van der Waals surface area contributed by atoms with Gasteiger partial charge >= 0.3 is 5.97 Å². The number of hydrogen-bond acceptors (Lipinski definition) is 5. The summed E-state index contributed by atoms with van der Waals surface area (Å²) in [6.07, 6.45) is 3.27. The summed E-state index contributed by atoms with van der Waals surface area (Å²) in [6, 6.07) is 9.86. The molecule has 0 saturated heterocycles. The van der Waals surface area contributed by atoms with Crippen LogP contribution in [0.4, 0.5) is 0 Å². The van der Waals surface area contributed by atoms with Crippen LogP contribution in [0.15, 0.2) is 42.7 Å². The van der Waals surface area contributed by atoms with Gasteiger partial charge in [0.15, 0.2) is 0 Å². The van der Waals surface area contributed by atoms with Gasteiger partial charge in [-0.25, -0.2) is 0 Å². The summed E-state index contributed by atoms with van der Waals surface area (Å²) in [5.74, 6) is -0.283. The zero-order valence-electron chi connectivity index (χ0n) is 10.8. The highest BCUT2D eigenvalue weighted by molar-refractivity contribution is 5.73. The molecule has 1 heterocycles. The molecule has 2 aromatic rings. The molecule has 100 valence electrons. The van der Waals surface area contributed by atoms with Gasteiger partial charge in [-0.3, -0.25) is 9.80 Å². The maximum Gasteiger partial charge on any atom is 0.327 e. The van der Waals surface area contributed by atoms with Gasteiger partial charge in [-0.1, -0.05) is 30.3 Å². The monoisotopic (exact) mass is 260 g/mol. The summed E-state index contributed by atoms with van der Waals surface area (Å²) < 4.78 is 4.97. The number of esters is 1. The molecule has 0 saturated carbocycles. The van der Waals surface area contributed by atoms with Crippen molar-refractivity contribution < 1.29 is 9.53 Å². The summed E-state index contributed by atoms with van der Waals surface area (Å²) in [4.78, 5) is 13.2. The van der Waals surface area contributed by atoms with Crippen molar-refractivity contribution in [2.45, 2.75) is 13.5 Å². The fourth-order valence-electron chi connectivity index (χ4n) is 1.70. The first kappa shape index (κ1) is 13.1. The summed E-state index contributed by atoms with van der Waals surface area (Å²) in [5.41, 5.74) is 1.09. The zero-order valence-corrected chi connectivity index (χ0v) is 10.8. The van der Waals surface area contributed by atoms with Crippen LogP contribution in [0.3, 0.4) is 0 Å². The quantitative estimate of drug-likeness (QED) is 0.725. The Hall–Kier alpha value is -2.37. The molecule has 0 aliphatic heterocycles. The summed E-state index contributed by atoms with van der Waals surface area (Å²) in [6.45, 7) is 2.85. The van der Waals surface area contributed by atoms with Gasteiger partial charge in [0.05, 0.1) is 25.5 Å². The summed E-state index contributed by atoms with van der Waals surface area (Å²) >= 11 is 0. The number of nitrogens with zero attached hydrogens (tertiary/aromatic N) is 4. The van der Waals surface area contributed by atoms with Crippen LogP contribution in [-0.2, 0) is 16.1 Å². The Morgan fingerprint density at radius 3 is 2.79 bits per heavy atom. The van der Waals surface area contributed by atoms with E-state index in [1.165, 1.54) is 0 Å². The Labute approximate surface area is 111 Å². The fraction of sp³-hybridized carbons (Fsp3) is 0.308. The lowest BCUT2D eigenvalue weighted by Crippen LogP contribution is -2.39. The van der Waals surface area contributed by atoms with E-state index in [2.05, 4.69) is 10.3 Å². The van der Waals surface area contributed by atoms with Gasteiger partial charge in [0.25, 0.3) is 0 Å². The molecule has 0 atom stereocenters. The van der Waals surface area contributed by atoms with E-state index in [1.54, 1.807) is 29.1 Å². The molecule has 1 aromatic heterocycles. The van der Waals surface area contributed by atoms with Crippen LogP contribution in [0, 0.1) is 0 Å². The summed E-state index contributed by atoms with van der Waals surface area (Å²) in [5, 5.41) is 9.43. The average molecular weight is 260 g/mol. The molecule has 0 bridgehead atoms. The highest BCUT2D eigenvalue weighted by atomic mass is 16.5. The van der Waals surface area contributed by atoms with Gasteiger partial charge in [-0.2, -0.15) is 4.79 Å². The maximum absolute atomic E-state index is 11.6. The van der Waals surface area contributed by atoms with Gasteiger partial charge in [0.2, 0.25) is 0 Å². The Morgan fingerprint density at radius 1 is 1.37 bits per heavy atom. The molecule has 0 aliphatic carbocycles. The van der Waals surface area contributed by atoms with Crippen molar-refractivity contribution in [3.8, 4) is 0 Å². The van der Waals surface area contributed by atoms with Crippen molar-refractivity contribution in [1.29, 1.82) is 0 Å². The Balaban J connectivity index is 2.09. The van der Waals surface area contributed by atoms with E-state index in [-0.39, 0.29) is 12.5 Å². The van der Waals surface area contributed by atoms with Crippen LogP contribution in [0.2, 0.25) is 0 Å². The smallest absolute Gasteiger partial charge is 0.327 e. The van der Waals surface area contributed by atoms with E-state index in [0.717, 1.165) is 5.56 Å². The second-order valence-electron chi connectivity index (χ2n) is 3.94. The third kappa shape index (κ3) is 3.80. The maximum atomic E-state index is 11.6. The summed E-state index contributed by atoms with van der Waals surface area (Å²) in [7, 11) is 0. The van der Waals surface area contributed by atoms with Gasteiger partial charge in [-0.05, 0) is 17.7 Å². The fourth-order valence-corrected chi connectivity index (χ4v) is 1.70. The van der Waals surface area contributed by atoms with Gasteiger partial charge < -0.3 is 4.74 Å². The van der Waals surface area contributed by atoms with E-state index in [0.29, 0.717) is 13.2 Å². The Kier molecular flexibility index (Phi) is 4.49. The minimum absolute atomic E-state index is 0.131. The second kappa shape index (κ2) is 6.53. The van der Waals surface area contributed by atoms with Crippen LogP contribution < -0.4 is 5.01 Å². The largest absolute Gasteiger partial charge is 0.465 e. The van der Waals surface area contributed by atoms with E-state index in [1.807, 2.05) is 30.3 Å². The zero-order chi connectivity index (χ0) is 13.5. The van der Waals surface area contributed by atoms with Crippen LogP contribution in [0.5, 0.6) is 0 Å². The van der Waals surface area contributed by atoms with E-state index >= 15 is 0 Å². The number of hydrogen-bond donors (Lipinski definition) is 0. The molecule has 0 amide bonds. The average Bonchev–Trinajstić information content (AvgIpc) is 2.93. The van der Waals surface area contributed by atoms with Crippen LogP contribution in [0.1, 0.15) is 12.5 Å². The number of benzene rings is 1. The molecule has 0 aliphatic rings. The van der Waals surface area contributed by atoms with E-state index < -0.39 is 0 Å². The van der Waals surface area contributed by atoms with Crippen LogP contribution >= 0.6 is 0 Å². The van der Waals surface area contributed by atoms with Gasteiger partial charge in [0.1, 0.15) is 6.54 Å². The molecule has 2 rings (SSSR count). The highest BCUT2D eigenvalue weighted by Gasteiger charge is 2.13. The molecule has 0 radical (unpaired) electrons. The van der Waals surface area contributed by atoms with Crippen molar-refractivity contribution in [3.05, 3.63) is 48.3 Å². The molecule has 19 heavy (non-hydrogen) atoms. The number of carbonyl (C=O) groups excluding carboxylic acids is 1. The number of rotatable bonds is 6. The molecular weight excluding hydrogens is 244 g/mol. The first-order valence-corrected chi connectivity index (χ1v) is 6.10. The lowest BCUT2D eigenvalue weighted by molar-refractivity contribution is -0.141. The number of aromatic nitrogens is 3. The third-order valence-corrected chi connectivity index (χ3v) is 2.52. The minimum Gasteiger partial charge on any atom is -0.465 e. The standard InChI is InChI=1S/C13H16N4O2/c1-2-19-13(18)11-16(17-9-8-14-15-17)10-12-6-4-3-5-7-12/h3-9H,2,10-11H2,1H3. The molecule has 0 N–H and O–H groups in total. The lowest BCUT2D eigenvalue weighted by Gasteiger charge is -2.22. The van der Waals surface area contributed by atoms with Crippen molar-refractivity contribution in [1.82, 2.24) is 15.1 Å². The Bertz CT molecular complexity index is 499. The molecule has 6 nitrogen and oxygen atoms in total. The first-order chi connectivity index (χ1) is 9.29. The normalized spacial score (nSPS) is 10.2. The number of carbonyl (C=O) groups is 1. The Morgan fingerprint density at radius 2 is 2.16 bits per heavy atom. The van der Waals surface area contributed by atoms with Gasteiger partial charge in [-0.15, -0.1) is 5.10 Å². The molecular formula is C13H16N4O2. The molecule has 0 spiro atoms. The van der Waals surface area contributed by atoms with Crippen LogP contribution in [0.25, 0.3) is 0 Å². The molecule has 0 unspecified atom stereocenters. The lowest BCUT2D eigenvalue weighted by atomic mass is 10.2. The predicted octanol–water partition coefficient (Wildman–Crippen LogP) is 0.979. The van der Waals surface area contributed by atoms with Crippen molar-refractivity contribution in [3.63, 3.8) is 0 Å². The van der Waals surface area contributed by atoms with Gasteiger partial charge in [0, 0.05) is 0 Å². The van der Waals surface area contributed by atoms with E-state index in [9.17, 15) is 4.79 Å². The molecule has 0 fully saturated rings. The third-order valence-electron chi connectivity index (χ3n) is 2.52. The van der Waals surface area contributed by atoms with Crippen molar-refractivity contribution in [2.75, 3.05) is 18.2 Å². The van der Waals surface area contributed by atoms with Crippen molar-refractivity contribution in [2.24, 2.45) is 0 Å². The van der Waals surface area contributed by atoms with E-state index in [4.69, 9.17) is 4.74 Å². The second-order valence-corrected chi connectivity index (χ2v) is 3.94. The minimum atomic E-state index is -0.283. The SMILES string of the molecule is CCOC(=O)CN(Cc1ccccc1)n1ccnn1. The topological polar surface area (TPSA) is 60.2 Å². The predicted molar refractivity (Wildman–Crippen MR) is 69.9 cm³/mol. The highest BCUT2D eigenvalue weighted by Crippen LogP contribution is 2.03. The first-order valence-electron chi connectivity index (χ1n) is 6.10. The van der Waals surface area contributed by atoms with Crippen LogP contribution in [-0.4, -0.2) is 34.2 Å².